The fourth-order valence-corrected chi connectivity index (χ4v) is 4.71. The van der Waals surface area contributed by atoms with Crippen LogP contribution in [0.1, 0.15) is 45.4 Å². The van der Waals surface area contributed by atoms with Crippen molar-refractivity contribution < 1.29 is 0 Å². The monoisotopic (exact) mass is 251 g/mol. The van der Waals surface area contributed by atoms with E-state index in [-0.39, 0.29) is 0 Å². The highest BCUT2D eigenvalue weighted by Gasteiger charge is 2.45. The molecule has 0 spiro atoms. The van der Waals surface area contributed by atoms with Crippen molar-refractivity contribution in [3.63, 3.8) is 0 Å². The smallest absolute Gasteiger partial charge is 0.0335 e. The second-order valence-corrected chi connectivity index (χ2v) is 7.06. The second-order valence-electron chi connectivity index (χ2n) is 7.06. The standard InChI is InChI=1S/C15H29N3/c1-12-5-7-15(9-12,11-16)18-8-6-13-3-4-14(10-18)17(13)2/h12-14H,3-11,16H2,1-2H3. The van der Waals surface area contributed by atoms with Gasteiger partial charge in [-0.1, -0.05) is 6.92 Å². The first-order chi connectivity index (χ1) is 8.64. The van der Waals surface area contributed by atoms with Crippen molar-refractivity contribution in [2.24, 2.45) is 11.7 Å². The van der Waals surface area contributed by atoms with Crippen molar-refractivity contribution in [3.8, 4) is 0 Å². The molecule has 3 nitrogen and oxygen atoms in total. The Kier molecular flexibility index (Phi) is 3.41. The van der Waals surface area contributed by atoms with E-state index < -0.39 is 0 Å². The fraction of sp³-hybridized carbons (Fsp3) is 1.00. The summed E-state index contributed by atoms with van der Waals surface area (Å²) >= 11 is 0. The topological polar surface area (TPSA) is 32.5 Å². The van der Waals surface area contributed by atoms with Crippen LogP contribution >= 0.6 is 0 Å². The first-order valence-electron chi connectivity index (χ1n) is 7.82. The summed E-state index contributed by atoms with van der Waals surface area (Å²) < 4.78 is 0. The first kappa shape index (κ1) is 12.9. The number of likely N-dealkylation sites (tertiary alicyclic amines) is 1. The third-order valence-electron chi connectivity index (χ3n) is 6.03. The quantitative estimate of drug-likeness (QED) is 0.810. The maximum absolute atomic E-state index is 6.19. The maximum atomic E-state index is 6.19. The van der Waals surface area contributed by atoms with E-state index in [0.29, 0.717) is 5.54 Å². The lowest BCUT2D eigenvalue weighted by atomic mass is 9.92. The molecule has 1 saturated carbocycles. The van der Waals surface area contributed by atoms with Gasteiger partial charge in [0.1, 0.15) is 0 Å². The van der Waals surface area contributed by atoms with Crippen LogP contribution in [0.2, 0.25) is 0 Å². The Morgan fingerprint density at radius 1 is 1.17 bits per heavy atom. The van der Waals surface area contributed by atoms with Crippen molar-refractivity contribution in [2.45, 2.75) is 63.1 Å². The van der Waals surface area contributed by atoms with Crippen LogP contribution in [0, 0.1) is 5.92 Å². The predicted molar refractivity (Wildman–Crippen MR) is 75.6 cm³/mol. The molecule has 3 heteroatoms. The summed E-state index contributed by atoms with van der Waals surface area (Å²) in [5.74, 6) is 0.867. The van der Waals surface area contributed by atoms with Crippen LogP contribution in [0.3, 0.4) is 0 Å². The Bertz CT molecular complexity index is 306. The van der Waals surface area contributed by atoms with Gasteiger partial charge in [0.05, 0.1) is 0 Å². The fourth-order valence-electron chi connectivity index (χ4n) is 4.71. The molecule has 4 unspecified atom stereocenters. The van der Waals surface area contributed by atoms with E-state index in [0.717, 1.165) is 24.5 Å². The number of nitrogens with zero attached hydrogens (tertiary/aromatic N) is 2. The Balaban J connectivity index is 1.76. The third kappa shape index (κ3) is 2.00. The summed E-state index contributed by atoms with van der Waals surface area (Å²) in [7, 11) is 2.33. The molecular weight excluding hydrogens is 222 g/mol. The predicted octanol–water partition coefficient (Wildman–Crippen LogP) is 1.67. The van der Waals surface area contributed by atoms with E-state index in [9.17, 15) is 0 Å². The number of hydrogen-bond acceptors (Lipinski definition) is 3. The average molecular weight is 251 g/mol. The lowest BCUT2D eigenvalue weighted by Crippen LogP contribution is -2.54. The first-order valence-corrected chi connectivity index (χ1v) is 7.82. The molecule has 0 amide bonds. The van der Waals surface area contributed by atoms with E-state index in [1.54, 1.807) is 0 Å². The number of likely N-dealkylation sites (N-methyl/N-ethyl adjacent to an activating group) is 1. The van der Waals surface area contributed by atoms with Crippen molar-refractivity contribution >= 4 is 0 Å². The van der Waals surface area contributed by atoms with Gasteiger partial charge in [-0.25, -0.2) is 0 Å². The highest BCUT2D eigenvalue weighted by Crippen LogP contribution is 2.41. The van der Waals surface area contributed by atoms with E-state index in [4.69, 9.17) is 5.73 Å². The molecule has 104 valence electrons. The number of nitrogens with two attached hydrogens (primary N) is 1. The highest BCUT2D eigenvalue weighted by atomic mass is 15.3. The largest absolute Gasteiger partial charge is 0.329 e. The van der Waals surface area contributed by atoms with E-state index in [2.05, 4.69) is 23.8 Å². The van der Waals surface area contributed by atoms with Gasteiger partial charge < -0.3 is 5.73 Å². The van der Waals surface area contributed by atoms with Gasteiger partial charge in [-0.3, -0.25) is 9.80 Å². The lowest BCUT2D eigenvalue weighted by molar-refractivity contribution is 0.0843. The summed E-state index contributed by atoms with van der Waals surface area (Å²) in [4.78, 5) is 5.42. The van der Waals surface area contributed by atoms with Crippen molar-refractivity contribution in [3.05, 3.63) is 0 Å². The van der Waals surface area contributed by atoms with Gasteiger partial charge in [0.15, 0.2) is 0 Å². The molecule has 0 aromatic heterocycles. The molecule has 3 rings (SSSR count). The molecule has 1 aliphatic carbocycles. The van der Waals surface area contributed by atoms with Crippen LogP contribution in [0.4, 0.5) is 0 Å². The van der Waals surface area contributed by atoms with E-state index in [1.807, 2.05) is 0 Å². The van der Waals surface area contributed by atoms with Gasteiger partial charge in [-0.05, 0) is 51.5 Å². The molecule has 2 saturated heterocycles. The van der Waals surface area contributed by atoms with E-state index in [1.165, 1.54) is 51.6 Å². The minimum Gasteiger partial charge on any atom is -0.329 e. The Morgan fingerprint density at radius 3 is 2.61 bits per heavy atom. The van der Waals surface area contributed by atoms with Crippen LogP contribution in [0.15, 0.2) is 0 Å². The minimum absolute atomic E-state index is 0.338. The van der Waals surface area contributed by atoms with Gasteiger partial charge in [0.25, 0.3) is 0 Å². The molecular formula is C15H29N3. The third-order valence-corrected chi connectivity index (χ3v) is 6.03. The summed E-state index contributed by atoms with van der Waals surface area (Å²) in [5, 5.41) is 0. The second kappa shape index (κ2) is 4.77. The molecule has 18 heavy (non-hydrogen) atoms. The zero-order valence-electron chi connectivity index (χ0n) is 12.1. The summed E-state index contributed by atoms with van der Waals surface area (Å²) in [5.41, 5.74) is 6.53. The highest BCUT2D eigenvalue weighted by molar-refractivity contribution is 5.02. The molecule has 2 bridgehead atoms. The zero-order valence-corrected chi connectivity index (χ0v) is 12.1. The summed E-state index contributed by atoms with van der Waals surface area (Å²) in [6.45, 7) is 5.79. The summed E-state index contributed by atoms with van der Waals surface area (Å²) in [6, 6.07) is 1.63. The number of rotatable bonds is 2. The summed E-state index contributed by atoms with van der Waals surface area (Å²) in [6.07, 6.45) is 8.19. The van der Waals surface area contributed by atoms with Crippen LogP contribution < -0.4 is 5.73 Å². The zero-order chi connectivity index (χ0) is 12.8. The van der Waals surface area contributed by atoms with Crippen LogP contribution in [-0.2, 0) is 0 Å². The Hall–Kier alpha value is -0.120. The minimum atomic E-state index is 0.338. The van der Waals surface area contributed by atoms with Gasteiger partial charge in [-0.15, -0.1) is 0 Å². The van der Waals surface area contributed by atoms with Crippen molar-refractivity contribution in [2.75, 3.05) is 26.7 Å². The lowest BCUT2D eigenvalue weighted by Gasteiger charge is -2.42. The Labute approximate surface area is 112 Å². The van der Waals surface area contributed by atoms with E-state index >= 15 is 0 Å². The average Bonchev–Trinajstić information content (AvgIpc) is 2.82. The number of hydrogen-bond donors (Lipinski definition) is 1. The van der Waals surface area contributed by atoms with Gasteiger partial charge in [0.2, 0.25) is 0 Å². The van der Waals surface area contributed by atoms with Crippen LogP contribution in [0.5, 0.6) is 0 Å². The molecule has 2 N–H and O–H groups in total. The number of fused-ring (bicyclic) bond motifs is 2. The van der Waals surface area contributed by atoms with Gasteiger partial charge >= 0.3 is 0 Å². The SMILES string of the molecule is CC1CCC(CN)(N2CCC3CCC(C2)N3C)C1. The molecule has 0 aromatic rings. The molecule has 3 fully saturated rings. The normalized spacial score (nSPS) is 46.5. The van der Waals surface area contributed by atoms with Gasteiger partial charge in [-0.2, -0.15) is 0 Å². The molecule has 0 radical (unpaired) electrons. The molecule has 3 aliphatic rings. The van der Waals surface area contributed by atoms with Crippen LogP contribution in [0.25, 0.3) is 0 Å². The van der Waals surface area contributed by atoms with Crippen LogP contribution in [-0.4, -0.2) is 54.1 Å². The van der Waals surface area contributed by atoms with Gasteiger partial charge in [0, 0.05) is 37.3 Å². The molecule has 2 heterocycles. The van der Waals surface area contributed by atoms with Crippen molar-refractivity contribution in [1.29, 1.82) is 0 Å². The molecule has 0 aromatic carbocycles. The molecule has 4 atom stereocenters. The van der Waals surface area contributed by atoms with Crippen molar-refractivity contribution in [1.82, 2.24) is 9.80 Å². The molecule has 2 aliphatic heterocycles. The Morgan fingerprint density at radius 2 is 1.94 bits per heavy atom. The maximum Gasteiger partial charge on any atom is 0.0335 e.